The highest BCUT2D eigenvalue weighted by atomic mass is 35.5. The lowest BCUT2D eigenvalue weighted by atomic mass is 10.1. The van der Waals surface area contributed by atoms with Gasteiger partial charge in [-0.05, 0) is 30.7 Å². The number of hydrogen-bond acceptors (Lipinski definition) is 5. The third-order valence-corrected chi connectivity index (χ3v) is 5.41. The maximum absolute atomic E-state index is 12.9. The van der Waals surface area contributed by atoms with Crippen LogP contribution in [0.15, 0.2) is 65.1 Å². The first-order chi connectivity index (χ1) is 12.9. The van der Waals surface area contributed by atoms with E-state index in [-0.39, 0.29) is 16.5 Å². The molecule has 0 saturated heterocycles. The number of non-ortho nitro benzene ring substituents is 1. The van der Waals surface area contributed by atoms with Gasteiger partial charge in [-0.2, -0.15) is 0 Å². The molecule has 0 bridgehead atoms. The summed E-state index contributed by atoms with van der Waals surface area (Å²) in [6.07, 6.45) is 1.63. The molecule has 138 valence electrons. The highest BCUT2D eigenvalue weighted by molar-refractivity contribution is 7.99. The molecule has 0 fully saturated rings. The molecular weight excluding hydrogens is 386 g/mol. The summed E-state index contributed by atoms with van der Waals surface area (Å²) in [6, 6.07) is 11.5. The van der Waals surface area contributed by atoms with Crippen molar-refractivity contribution >= 4 is 40.0 Å². The number of nitro benzene ring substituents is 1. The monoisotopic (exact) mass is 401 g/mol. The summed E-state index contributed by atoms with van der Waals surface area (Å²) >= 11 is 7.37. The minimum absolute atomic E-state index is 0.0320. The third-order valence-electron chi connectivity index (χ3n) is 4.03. The molecule has 0 unspecified atom stereocenters. The van der Waals surface area contributed by atoms with Crippen molar-refractivity contribution in [1.29, 1.82) is 0 Å². The van der Waals surface area contributed by atoms with Gasteiger partial charge < -0.3 is 0 Å². The van der Waals surface area contributed by atoms with Gasteiger partial charge in [-0.25, -0.2) is 4.98 Å². The van der Waals surface area contributed by atoms with Crippen molar-refractivity contribution in [3.63, 3.8) is 0 Å². The van der Waals surface area contributed by atoms with E-state index < -0.39 is 4.92 Å². The number of hydrogen-bond donors (Lipinski definition) is 0. The molecule has 0 saturated carbocycles. The van der Waals surface area contributed by atoms with Gasteiger partial charge in [0, 0.05) is 29.0 Å². The van der Waals surface area contributed by atoms with Crippen LogP contribution in [0.2, 0.25) is 5.02 Å². The average Bonchev–Trinajstić information content (AvgIpc) is 2.65. The van der Waals surface area contributed by atoms with E-state index in [9.17, 15) is 14.9 Å². The molecule has 0 aliphatic heterocycles. The molecule has 0 aliphatic carbocycles. The van der Waals surface area contributed by atoms with Crippen LogP contribution < -0.4 is 5.56 Å². The van der Waals surface area contributed by atoms with E-state index in [2.05, 4.69) is 11.6 Å². The summed E-state index contributed by atoms with van der Waals surface area (Å²) in [6.45, 7) is 5.93. The fraction of sp³-hybridized carbons (Fsp3) is 0.158. The van der Waals surface area contributed by atoms with E-state index in [1.54, 1.807) is 30.3 Å². The molecule has 2 aromatic carbocycles. The van der Waals surface area contributed by atoms with Crippen molar-refractivity contribution in [2.24, 2.45) is 0 Å². The molecule has 8 heteroatoms. The summed E-state index contributed by atoms with van der Waals surface area (Å²) in [4.78, 5) is 28.1. The molecule has 1 aromatic heterocycles. The number of thioether (sulfide) groups is 1. The second-order valence-corrected chi connectivity index (χ2v) is 7.62. The van der Waals surface area contributed by atoms with Crippen molar-refractivity contribution in [2.45, 2.75) is 23.9 Å². The zero-order valence-electron chi connectivity index (χ0n) is 14.5. The van der Waals surface area contributed by atoms with E-state index >= 15 is 0 Å². The lowest BCUT2D eigenvalue weighted by molar-refractivity contribution is -0.384. The summed E-state index contributed by atoms with van der Waals surface area (Å²) in [7, 11) is 0. The van der Waals surface area contributed by atoms with E-state index in [1.807, 2.05) is 13.0 Å². The topological polar surface area (TPSA) is 78.0 Å². The van der Waals surface area contributed by atoms with Gasteiger partial charge >= 0.3 is 0 Å². The maximum Gasteiger partial charge on any atom is 0.269 e. The Balaban J connectivity index is 2.05. The SMILES string of the molecule is C=CCn1c(S[C@H](C)c2cccc([N+](=O)[O-])c2)nc2ccc(Cl)cc2c1=O. The van der Waals surface area contributed by atoms with Crippen molar-refractivity contribution < 1.29 is 4.92 Å². The van der Waals surface area contributed by atoms with Gasteiger partial charge in [-0.1, -0.05) is 41.6 Å². The Morgan fingerprint density at radius 1 is 1.37 bits per heavy atom. The number of rotatable bonds is 6. The van der Waals surface area contributed by atoms with Crippen molar-refractivity contribution in [1.82, 2.24) is 9.55 Å². The van der Waals surface area contributed by atoms with E-state index in [0.29, 0.717) is 27.6 Å². The standard InChI is InChI=1S/C19H16ClN3O3S/c1-3-9-22-18(24)16-11-14(20)7-8-17(16)21-19(22)27-12(2)13-5-4-6-15(10-13)23(25)26/h3-8,10-12H,1,9H2,2H3/t12-/m1/s1. The molecule has 27 heavy (non-hydrogen) atoms. The predicted molar refractivity (Wildman–Crippen MR) is 109 cm³/mol. The number of nitrogens with zero attached hydrogens (tertiary/aromatic N) is 3. The van der Waals surface area contributed by atoms with Crippen LogP contribution in [0.3, 0.4) is 0 Å². The number of halogens is 1. The fourth-order valence-corrected chi connectivity index (χ4v) is 3.88. The van der Waals surface area contributed by atoms with Crippen LogP contribution in [0.5, 0.6) is 0 Å². The number of aromatic nitrogens is 2. The van der Waals surface area contributed by atoms with Crippen LogP contribution in [0, 0.1) is 10.1 Å². The molecule has 0 N–H and O–H groups in total. The maximum atomic E-state index is 12.9. The zero-order valence-corrected chi connectivity index (χ0v) is 16.0. The lowest BCUT2D eigenvalue weighted by Crippen LogP contribution is -2.23. The summed E-state index contributed by atoms with van der Waals surface area (Å²) in [5, 5.41) is 12.3. The van der Waals surface area contributed by atoms with Gasteiger partial charge in [0.25, 0.3) is 11.2 Å². The van der Waals surface area contributed by atoms with E-state index in [1.165, 1.54) is 28.5 Å². The van der Waals surface area contributed by atoms with Crippen LogP contribution in [-0.2, 0) is 6.54 Å². The van der Waals surface area contributed by atoms with Gasteiger partial charge in [0.05, 0.1) is 15.8 Å². The molecule has 0 aliphatic rings. The smallest absolute Gasteiger partial charge is 0.269 e. The van der Waals surface area contributed by atoms with Gasteiger partial charge in [-0.15, -0.1) is 6.58 Å². The number of fused-ring (bicyclic) bond motifs is 1. The minimum Gasteiger partial charge on any atom is -0.283 e. The minimum atomic E-state index is -0.424. The average molecular weight is 402 g/mol. The highest BCUT2D eigenvalue weighted by Crippen LogP contribution is 2.35. The molecule has 1 heterocycles. The molecule has 3 rings (SSSR count). The van der Waals surface area contributed by atoms with Gasteiger partial charge in [-0.3, -0.25) is 19.5 Å². The van der Waals surface area contributed by atoms with Crippen LogP contribution in [0.25, 0.3) is 10.9 Å². The van der Waals surface area contributed by atoms with Crippen molar-refractivity contribution in [3.05, 3.63) is 86.2 Å². The largest absolute Gasteiger partial charge is 0.283 e. The Morgan fingerprint density at radius 2 is 2.15 bits per heavy atom. The Bertz CT molecular complexity index is 1100. The van der Waals surface area contributed by atoms with Gasteiger partial charge in [0.15, 0.2) is 5.16 Å². The Kier molecular flexibility index (Phi) is 5.62. The van der Waals surface area contributed by atoms with E-state index in [0.717, 1.165) is 5.56 Å². The normalized spacial score (nSPS) is 12.1. The fourth-order valence-electron chi connectivity index (χ4n) is 2.67. The van der Waals surface area contributed by atoms with Crippen LogP contribution in [0.4, 0.5) is 5.69 Å². The lowest BCUT2D eigenvalue weighted by Gasteiger charge is -2.15. The molecule has 0 spiro atoms. The van der Waals surface area contributed by atoms with E-state index in [4.69, 9.17) is 11.6 Å². The predicted octanol–water partition coefficient (Wildman–Crippen LogP) is 5.00. The van der Waals surface area contributed by atoms with Crippen LogP contribution in [0.1, 0.15) is 17.7 Å². The third kappa shape index (κ3) is 4.04. The second-order valence-electron chi connectivity index (χ2n) is 5.87. The van der Waals surface area contributed by atoms with Crippen LogP contribution in [-0.4, -0.2) is 14.5 Å². The first-order valence-electron chi connectivity index (χ1n) is 8.12. The summed E-state index contributed by atoms with van der Waals surface area (Å²) < 4.78 is 1.53. The Labute approximate surface area is 164 Å². The van der Waals surface area contributed by atoms with Crippen LogP contribution >= 0.6 is 23.4 Å². The molecule has 1 atom stereocenters. The quantitative estimate of drug-likeness (QED) is 0.191. The molecular formula is C19H16ClN3O3S. The molecule has 6 nitrogen and oxygen atoms in total. The first kappa shape index (κ1) is 19.1. The number of benzene rings is 2. The van der Waals surface area contributed by atoms with Gasteiger partial charge in [0.2, 0.25) is 0 Å². The molecule has 0 radical (unpaired) electrons. The Hall–Kier alpha value is -2.64. The zero-order chi connectivity index (χ0) is 19.6. The Morgan fingerprint density at radius 3 is 2.85 bits per heavy atom. The summed E-state index contributed by atoms with van der Waals surface area (Å²) in [5.74, 6) is 0. The molecule has 0 amide bonds. The number of allylic oxidation sites excluding steroid dienone is 1. The van der Waals surface area contributed by atoms with Crippen molar-refractivity contribution in [2.75, 3.05) is 0 Å². The second kappa shape index (κ2) is 7.94. The first-order valence-corrected chi connectivity index (χ1v) is 9.38. The van der Waals surface area contributed by atoms with Crippen molar-refractivity contribution in [3.8, 4) is 0 Å². The summed E-state index contributed by atoms with van der Waals surface area (Å²) in [5.41, 5.74) is 1.17. The highest BCUT2D eigenvalue weighted by Gasteiger charge is 2.17. The molecule has 3 aromatic rings. The van der Waals surface area contributed by atoms with Gasteiger partial charge in [0.1, 0.15) is 0 Å². The number of nitro groups is 1.